The number of benzene rings is 2. The topological polar surface area (TPSA) is 29.5 Å². The number of hydrogen-bond donors (Lipinski definition) is 1. The van der Waals surface area contributed by atoms with Crippen LogP contribution in [-0.4, -0.2) is 5.11 Å². The standard InChI is InChI=1S/C18H21FO2/c1-11(2)15-7-5-12(3)9-18(15)21-17-8-6-14(13(4)20)10-16(17)19/h5-11,13,20H,1-4H3/t13-/m0/s1. The third-order valence-electron chi connectivity index (χ3n) is 3.45. The molecule has 0 aliphatic rings. The normalized spacial score (nSPS) is 12.5. The van der Waals surface area contributed by atoms with Gasteiger partial charge in [0.05, 0.1) is 6.10 Å². The molecule has 0 spiro atoms. The molecule has 0 aromatic heterocycles. The van der Waals surface area contributed by atoms with Crippen molar-refractivity contribution in [3.8, 4) is 11.5 Å². The molecule has 0 saturated carbocycles. The van der Waals surface area contributed by atoms with Crippen molar-refractivity contribution in [2.75, 3.05) is 0 Å². The van der Waals surface area contributed by atoms with E-state index >= 15 is 0 Å². The maximum absolute atomic E-state index is 14.1. The highest BCUT2D eigenvalue weighted by molar-refractivity contribution is 5.43. The molecule has 21 heavy (non-hydrogen) atoms. The molecule has 0 radical (unpaired) electrons. The van der Waals surface area contributed by atoms with Crippen molar-refractivity contribution < 1.29 is 14.2 Å². The third kappa shape index (κ3) is 3.61. The van der Waals surface area contributed by atoms with Crippen LogP contribution in [0.25, 0.3) is 0 Å². The van der Waals surface area contributed by atoms with E-state index in [1.807, 2.05) is 25.1 Å². The van der Waals surface area contributed by atoms with Gasteiger partial charge in [-0.05, 0) is 54.7 Å². The average Bonchev–Trinajstić information content (AvgIpc) is 2.40. The molecule has 3 heteroatoms. The predicted octanol–water partition coefficient (Wildman–Crippen LogP) is 5.10. The second-order valence-electron chi connectivity index (χ2n) is 5.66. The zero-order valence-electron chi connectivity index (χ0n) is 12.9. The summed E-state index contributed by atoms with van der Waals surface area (Å²) in [5.41, 5.74) is 2.64. The molecular weight excluding hydrogens is 267 g/mol. The number of aliphatic hydroxyl groups is 1. The Morgan fingerprint density at radius 1 is 1.00 bits per heavy atom. The molecule has 1 N–H and O–H groups in total. The summed E-state index contributed by atoms with van der Waals surface area (Å²) in [6.07, 6.45) is -0.696. The summed E-state index contributed by atoms with van der Waals surface area (Å²) in [5, 5.41) is 9.47. The lowest BCUT2D eigenvalue weighted by Crippen LogP contribution is -1.98. The van der Waals surface area contributed by atoms with E-state index in [1.54, 1.807) is 19.1 Å². The first-order valence-electron chi connectivity index (χ1n) is 7.14. The van der Waals surface area contributed by atoms with E-state index in [9.17, 15) is 9.50 Å². The smallest absolute Gasteiger partial charge is 0.166 e. The largest absolute Gasteiger partial charge is 0.454 e. The lowest BCUT2D eigenvalue weighted by molar-refractivity contribution is 0.198. The number of halogens is 1. The molecule has 0 aliphatic heterocycles. The molecule has 0 aliphatic carbocycles. The Balaban J connectivity index is 2.36. The van der Waals surface area contributed by atoms with E-state index in [0.29, 0.717) is 17.2 Å². The third-order valence-corrected chi connectivity index (χ3v) is 3.45. The van der Waals surface area contributed by atoms with Crippen molar-refractivity contribution >= 4 is 0 Å². The first-order valence-corrected chi connectivity index (χ1v) is 7.14. The number of hydrogen-bond acceptors (Lipinski definition) is 2. The molecule has 2 aromatic rings. The lowest BCUT2D eigenvalue weighted by atomic mass is 10.0. The van der Waals surface area contributed by atoms with E-state index in [1.165, 1.54) is 6.07 Å². The SMILES string of the molecule is Cc1ccc(C(C)C)c(Oc2ccc([C@H](C)O)cc2F)c1. The number of aryl methyl sites for hydroxylation is 1. The summed E-state index contributed by atoms with van der Waals surface area (Å²) < 4.78 is 19.9. The maximum atomic E-state index is 14.1. The highest BCUT2D eigenvalue weighted by atomic mass is 19.1. The fourth-order valence-electron chi connectivity index (χ4n) is 2.19. The Labute approximate surface area is 125 Å². The van der Waals surface area contributed by atoms with E-state index in [2.05, 4.69) is 13.8 Å². The first-order chi connectivity index (χ1) is 9.88. The minimum absolute atomic E-state index is 0.173. The molecule has 112 valence electrons. The van der Waals surface area contributed by atoms with Gasteiger partial charge in [0.2, 0.25) is 0 Å². The average molecular weight is 288 g/mol. The van der Waals surface area contributed by atoms with Crippen LogP contribution < -0.4 is 4.74 Å². The fraction of sp³-hybridized carbons (Fsp3) is 0.333. The second kappa shape index (κ2) is 6.27. The van der Waals surface area contributed by atoms with Gasteiger partial charge in [0.15, 0.2) is 11.6 Å². The van der Waals surface area contributed by atoms with Crippen molar-refractivity contribution in [2.24, 2.45) is 0 Å². The van der Waals surface area contributed by atoms with Crippen molar-refractivity contribution in [1.82, 2.24) is 0 Å². The quantitative estimate of drug-likeness (QED) is 0.847. The molecule has 0 unspecified atom stereocenters. The summed E-state index contributed by atoms with van der Waals surface area (Å²) in [7, 11) is 0. The van der Waals surface area contributed by atoms with E-state index in [4.69, 9.17) is 4.74 Å². The zero-order chi connectivity index (χ0) is 15.6. The van der Waals surface area contributed by atoms with Gasteiger partial charge in [-0.1, -0.05) is 32.0 Å². The molecule has 0 saturated heterocycles. The van der Waals surface area contributed by atoms with Crippen LogP contribution >= 0.6 is 0 Å². The Morgan fingerprint density at radius 3 is 2.29 bits per heavy atom. The molecule has 2 rings (SSSR count). The number of aliphatic hydroxyl groups excluding tert-OH is 1. The van der Waals surface area contributed by atoms with Gasteiger partial charge in [-0.2, -0.15) is 0 Å². The van der Waals surface area contributed by atoms with Crippen molar-refractivity contribution in [3.63, 3.8) is 0 Å². The predicted molar refractivity (Wildman–Crippen MR) is 82.4 cm³/mol. The molecular formula is C18H21FO2. The van der Waals surface area contributed by atoms with Crippen molar-refractivity contribution in [3.05, 3.63) is 58.9 Å². The van der Waals surface area contributed by atoms with Gasteiger partial charge in [0.1, 0.15) is 5.75 Å². The minimum Gasteiger partial charge on any atom is -0.454 e. The molecule has 0 amide bonds. The molecule has 0 fully saturated rings. The van der Waals surface area contributed by atoms with E-state index < -0.39 is 11.9 Å². The maximum Gasteiger partial charge on any atom is 0.166 e. The van der Waals surface area contributed by atoms with Gasteiger partial charge in [-0.3, -0.25) is 0 Å². The van der Waals surface area contributed by atoms with Crippen LogP contribution in [0.15, 0.2) is 36.4 Å². The molecule has 0 heterocycles. The summed E-state index contributed by atoms with van der Waals surface area (Å²) >= 11 is 0. The van der Waals surface area contributed by atoms with Crippen molar-refractivity contribution in [1.29, 1.82) is 0 Å². The van der Waals surface area contributed by atoms with E-state index in [0.717, 1.165) is 11.1 Å². The Morgan fingerprint density at radius 2 is 1.71 bits per heavy atom. The summed E-state index contributed by atoms with van der Waals surface area (Å²) in [5.74, 6) is 0.672. The Hall–Kier alpha value is -1.87. The summed E-state index contributed by atoms with van der Waals surface area (Å²) in [6.45, 7) is 7.73. The number of rotatable bonds is 4. The molecule has 0 bridgehead atoms. The molecule has 1 atom stereocenters. The first kappa shape index (κ1) is 15.5. The van der Waals surface area contributed by atoms with Gasteiger partial charge in [0, 0.05) is 0 Å². The van der Waals surface area contributed by atoms with Crippen LogP contribution in [0.1, 0.15) is 49.5 Å². The Kier molecular flexibility index (Phi) is 4.63. The van der Waals surface area contributed by atoms with Crippen LogP contribution in [0.3, 0.4) is 0 Å². The molecule has 2 nitrogen and oxygen atoms in total. The second-order valence-corrected chi connectivity index (χ2v) is 5.66. The van der Waals surface area contributed by atoms with Crippen LogP contribution in [0.2, 0.25) is 0 Å². The van der Waals surface area contributed by atoms with Crippen LogP contribution in [-0.2, 0) is 0 Å². The highest BCUT2D eigenvalue weighted by Crippen LogP contribution is 2.33. The zero-order valence-corrected chi connectivity index (χ0v) is 12.9. The monoisotopic (exact) mass is 288 g/mol. The highest BCUT2D eigenvalue weighted by Gasteiger charge is 2.13. The summed E-state index contributed by atoms with van der Waals surface area (Å²) in [4.78, 5) is 0. The van der Waals surface area contributed by atoms with Gasteiger partial charge < -0.3 is 9.84 Å². The van der Waals surface area contributed by atoms with Gasteiger partial charge >= 0.3 is 0 Å². The fourth-order valence-corrected chi connectivity index (χ4v) is 2.19. The summed E-state index contributed by atoms with van der Waals surface area (Å²) in [6, 6.07) is 10.5. The lowest BCUT2D eigenvalue weighted by Gasteiger charge is -2.15. The Bertz CT molecular complexity index is 633. The molecule has 2 aromatic carbocycles. The number of ether oxygens (including phenoxy) is 1. The van der Waals surface area contributed by atoms with Crippen LogP contribution in [0, 0.1) is 12.7 Å². The van der Waals surface area contributed by atoms with E-state index in [-0.39, 0.29) is 5.75 Å². The van der Waals surface area contributed by atoms with Gasteiger partial charge in [-0.15, -0.1) is 0 Å². The van der Waals surface area contributed by atoms with Crippen LogP contribution in [0.4, 0.5) is 4.39 Å². The van der Waals surface area contributed by atoms with Gasteiger partial charge in [0.25, 0.3) is 0 Å². The minimum atomic E-state index is -0.696. The van der Waals surface area contributed by atoms with Crippen LogP contribution in [0.5, 0.6) is 11.5 Å². The van der Waals surface area contributed by atoms with Crippen molar-refractivity contribution in [2.45, 2.75) is 39.7 Å². The van der Waals surface area contributed by atoms with Gasteiger partial charge in [-0.25, -0.2) is 4.39 Å².